The molecule has 20 heavy (non-hydrogen) atoms. The van der Waals surface area contributed by atoms with Crippen molar-refractivity contribution in [2.75, 3.05) is 52.5 Å². The summed E-state index contributed by atoms with van der Waals surface area (Å²) in [5.74, 6) is 0.753. The first-order chi connectivity index (χ1) is 9.81. The Kier molecular flexibility index (Phi) is 5.81. The SMILES string of the molecule is N#Cc1cccc(OCCN2CCN(CCO)CC2)c1. The Bertz CT molecular complexity index is 451. The van der Waals surface area contributed by atoms with Gasteiger partial charge in [-0.3, -0.25) is 9.80 Å². The minimum Gasteiger partial charge on any atom is -0.492 e. The standard InChI is InChI=1S/C15H21N3O2/c16-13-14-2-1-3-15(12-14)20-11-9-18-6-4-17(5-7-18)8-10-19/h1-3,12,19H,4-11H2. The molecule has 1 aromatic carbocycles. The Morgan fingerprint density at radius 2 is 1.85 bits per heavy atom. The van der Waals surface area contributed by atoms with Crippen LogP contribution in [0.4, 0.5) is 0 Å². The molecule has 0 unspecified atom stereocenters. The van der Waals surface area contributed by atoms with Crippen molar-refractivity contribution in [3.05, 3.63) is 29.8 Å². The van der Waals surface area contributed by atoms with Gasteiger partial charge in [0.25, 0.3) is 0 Å². The first kappa shape index (κ1) is 14.8. The zero-order valence-electron chi connectivity index (χ0n) is 11.7. The molecule has 0 aromatic heterocycles. The Labute approximate surface area is 120 Å². The van der Waals surface area contributed by atoms with Gasteiger partial charge in [-0.05, 0) is 18.2 Å². The quantitative estimate of drug-likeness (QED) is 0.821. The van der Waals surface area contributed by atoms with Crippen molar-refractivity contribution in [1.29, 1.82) is 5.26 Å². The first-order valence-electron chi connectivity index (χ1n) is 7.00. The largest absolute Gasteiger partial charge is 0.492 e. The number of hydrogen-bond donors (Lipinski definition) is 1. The molecule has 1 saturated heterocycles. The molecule has 1 fully saturated rings. The van der Waals surface area contributed by atoms with Crippen LogP contribution in [0.5, 0.6) is 5.75 Å². The lowest BCUT2D eigenvalue weighted by molar-refractivity contribution is 0.102. The van der Waals surface area contributed by atoms with Crippen molar-refractivity contribution in [1.82, 2.24) is 9.80 Å². The summed E-state index contributed by atoms with van der Waals surface area (Å²) in [4.78, 5) is 4.63. The van der Waals surface area contributed by atoms with E-state index in [4.69, 9.17) is 15.1 Å². The van der Waals surface area contributed by atoms with Gasteiger partial charge in [-0.1, -0.05) is 6.07 Å². The molecule has 1 heterocycles. The highest BCUT2D eigenvalue weighted by Gasteiger charge is 2.15. The third-order valence-electron chi connectivity index (χ3n) is 3.52. The molecule has 0 amide bonds. The number of ether oxygens (including phenoxy) is 1. The van der Waals surface area contributed by atoms with Crippen LogP contribution < -0.4 is 4.74 Å². The summed E-state index contributed by atoms with van der Waals surface area (Å²) in [7, 11) is 0. The van der Waals surface area contributed by atoms with E-state index in [9.17, 15) is 0 Å². The van der Waals surface area contributed by atoms with E-state index in [1.165, 1.54) is 0 Å². The highest BCUT2D eigenvalue weighted by Crippen LogP contribution is 2.12. The van der Waals surface area contributed by atoms with Gasteiger partial charge in [0, 0.05) is 39.3 Å². The van der Waals surface area contributed by atoms with Crippen molar-refractivity contribution < 1.29 is 9.84 Å². The Balaban J connectivity index is 1.68. The molecule has 5 heteroatoms. The number of nitriles is 1. The second-order valence-electron chi connectivity index (χ2n) is 4.89. The van der Waals surface area contributed by atoms with E-state index in [2.05, 4.69) is 15.9 Å². The maximum absolute atomic E-state index is 8.90. The lowest BCUT2D eigenvalue weighted by atomic mass is 10.2. The number of aliphatic hydroxyl groups is 1. The van der Waals surface area contributed by atoms with Crippen LogP contribution in [-0.4, -0.2) is 67.4 Å². The summed E-state index contributed by atoms with van der Waals surface area (Å²) in [5.41, 5.74) is 0.625. The average molecular weight is 275 g/mol. The fourth-order valence-electron chi connectivity index (χ4n) is 2.33. The van der Waals surface area contributed by atoms with E-state index in [-0.39, 0.29) is 6.61 Å². The maximum atomic E-state index is 8.90. The summed E-state index contributed by atoms with van der Waals surface area (Å²) in [6.07, 6.45) is 0. The van der Waals surface area contributed by atoms with Gasteiger partial charge in [0.05, 0.1) is 18.2 Å². The van der Waals surface area contributed by atoms with Gasteiger partial charge < -0.3 is 9.84 Å². The van der Waals surface area contributed by atoms with Gasteiger partial charge >= 0.3 is 0 Å². The van der Waals surface area contributed by atoms with E-state index < -0.39 is 0 Å². The van der Waals surface area contributed by atoms with Crippen LogP contribution in [0.15, 0.2) is 24.3 Å². The molecular formula is C15H21N3O2. The average Bonchev–Trinajstić information content (AvgIpc) is 2.50. The minimum atomic E-state index is 0.234. The van der Waals surface area contributed by atoms with Gasteiger partial charge in [0.1, 0.15) is 12.4 Å². The Morgan fingerprint density at radius 1 is 1.15 bits per heavy atom. The highest BCUT2D eigenvalue weighted by atomic mass is 16.5. The van der Waals surface area contributed by atoms with Crippen LogP contribution in [0.25, 0.3) is 0 Å². The minimum absolute atomic E-state index is 0.234. The molecular weight excluding hydrogens is 254 g/mol. The fourth-order valence-corrected chi connectivity index (χ4v) is 2.33. The molecule has 0 radical (unpaired) electrons. The van der Waals surface area contributed by atoms with Crippen LogP contribution in [0.2, 0.25) is 0 Å². The van der Waals surface area contributed by atoms with Gasteiger partial charge in [-0.2, -0.15) is 5.26 Å². The number of nitrogens with zero attached hydrogens (tertiary/aromatic N) is 3. The molecule has 2 rings (SSSR count). The fraction of sp³-hybridized carbons (Fsp3) is 0.533. The third kappa shape index (κ3) is 4.49. The van der Waals surface area contributed by atoms with Crippen molar-refractivity contribution in [2.24, 2.45) is 0 Å². The summed E-state index contributed by atoms with van der Waals surface area (Å²) in [6.45, 7) is 6.57. The van der Waals surface area contributed by atoms with Crippen LogP contribution in [-0.2, 0) is 0 Å². The summed E-state index contributed by atoms with van der Waals surface area (Å²) in [6, 6.07) is 9.35. The molecule has 0 spiro atoms. The van der Waals surface area contributed by atoms with Crippen molar-refractivity contribution in [3.8, 4) is 11.8 Å². The second kappa shape index (κ2) is 7.85. The molecule has 1 aromatic rings. The smallest absolute Gasteiger partial charge is 0.120 e. The monoisotopic (exact) mass is 275 g/mol. The predicted octanol–water partition coefficient (Wildman–Crippen LogP) is 0.547. The summed E-state index contributed by atoms with van der Waals surface area (Å²) >= 11 is 0. The zero-order valence-corrected chi connectivity index (χ0v) is 11.7. The molecule has 0 aliphatic carbocycles. The lowest BCUT2D eigenvalue weighted by Crippen LogP contribution is -2.48. The number of benzene rings is 1. The summed E-state index contributed by atoms with van der Waals surface area (Å²) in [5, 5.41) is 17.7. The van der Waals surface area contributed by atoms with Crippen LogP contribution >= 0.6 is 0 Å². The summed E-state index contributed by atoms with van der Waals surface area (Å²) < 4.78 is 5.68. The van der Waals surface area contributed by atoms with Crippen LogP contribution in [0.1, 0.15) is 5.56 Å². The number of β-amino-alcohol motifs (C(OH)–C–C–N with tert-alkyl or cyclic N) is 1. The molecule has 0 saturated carbocycles. The van der Waals surface area contributed by atoms with E-state index in [0.29, 0.717) is 12.2 Å². The second-order valence-corrected chi connectivity index (χ2v) is 4.89. The Hall–Kier alpha value is -1.61. The third-order valence-corrected chi connectivity index (χ3v) is 3.52. The van der Waals surface area contributed by atoms with E-state index in [0.717, 1.165) is 45.0 Å². The normalized spacial score (nSPS) is 16.8. The van der Waals surface area contributed by atoms with Gasteiger partial charge in [-0.15, -0.1) is 0 Å². The molecule has 108 valence electrons. The zero-order chi connectivity index (χ0) is 14.2. The van der Waals surface area contributed by atoms with Crippen molar-refractivity contribution >= 4 is 0 Å². The van der Waals surface area contributed by atoms with Crippen molar-refractivity contribution in [2.45, 2.75) is 0 Å². The van der Waals surface area contributed by atoms with Gasteiger partial charge in [0.15, 0.2) is 0 Å². The van der Waals surface area contributed by atoms with Crippen molar-refractivity contribution in [3.63, 3.8) is 0 Å². The molecule has 1 aliphatic rings. The maximum Gasteiger partial charge on any atom is 0.120 e. The molecule has 1 aliphatic heterocycles. The molecule has 1 N–H and O–H groups in total. The van der Waals surface area contributed by atoms with E-state index >= 15 is 0 Å². The highest BCUT2D eigenvalue weighted by molar-refractivity contribution is 5.36. The van der Waals surface area contributed by atoms with Gasteiger partial charge in [-0.25, -0.2) is 0 Å². The topological polar surface area (TPSA) is 59.7 Å². The van der Waals surface area contributed by atoms with E-state index in [1.807, 2.05) is 12.1 Å². The Morgan fingerprint density at radius 3 is 2.50 bits per heavy atom. The lowest BCUT2D eigenvalue weighted by Gasteiger charge is -2.34. The molecule has 5 nitrogen and oxygen atoms in total. The number of piperazine rings is 1. The van der Waals surface area contributed by atoms with Gasteiger partial charge in [0.2, 0.25) is 0 Å². The molecule has 0 atom stereocenters. The first-order valence-corrected chi connectivity index (χ1v) is 7.00. The van der Waals surface area contributed by atoms with Crippen LogP contribution in [0, 0.1) is 11.3 Å². The molecule has 0 bridgehead atoms. The number of rotatable bonds is 6. The van der Waals surface area contributed by atoms with Crippen LogP contribution in [0.3, 0.4) is 0 Å². The number of hydrogen-bond acceptors (Lipinski definition) is 5. The van der Waals surface area contributed by atoms with E-state index in [1.54, 1.807) is 12.1 Å². The number of aliphatic hydroxyl groups excluding tert-OH is 1. The predicted molar refractivity (Wildman–Crippen MR) is 76.6 cm³/mol.